The van der Waals surface area contributed by atoms with Crippen molar-refractivity contribution in [1.29, 1.82) is 0 Å². The largest absolute Gasteiger partial charge is 0.467 e. The van der Waals surface area contributed by atoms with Gasteiger partial charge in [-0.15, -0.1) is 0 Å². The fourth-order valence-electron chi connectivity index (χ4n) is 3.35. The molecule has 0 aliphatic rings. The predicted molar refractivity (Wildman–Crippen MR) is 121 cm³/mol. The van der Waals surface area contributed by atoms with E-state index in [1.165, 1.54) is 7.11 Å². The predicted octanol–water partition coefficient (Wildman–Crippen LogP) is 3.67. The molecule has 0 unspecified atom stereocenters. The highest BCUT2D eigenvalue weighted by atomic mass is 32.2. The molecule has 0 bridgehead atoms. The molecule has 0 aromatic heterocycles. The molecule has 31 heavy (non-hydrogen) atoms. The summed E-state index contributed by atoms with van der Waals surface area (Å²) in [7, 11) is 0.000211. The second kappa shape index (κ2) is 11.2. The molecule has 3 rings (SSSR count). The maximum Gasteiger partial charge on any atom is 0.328 e. The highest BCUT2D eigenvalue weighted by molar-refractivity contribution is 7.85. The van der Waals surface area contributed by atoms with E-state index in [2.05, 4.69) is 5.32 Å². The van der Waals surface area contributed by atoms with Crippen molar-refractivity contribution in [3.8, 4) is 0 Å². The molecule has 0 spiro atoms. The fourth-order valence-corrected chi connectivity index (χ4v) is 4.49. The van der Waals surface area contributed by atoms with Gasteiger partial charge in [0, 0.05) is 10.6 Å². The van der Waals surface area contributed by atoms with Gasteiger partial charge < -0.3 is 10.1 Å². The Morgan fingerprint density at radius 2 is 1.32 bits per heavy atom. The summed E-state index contributed by atoms with van der Waals surface area (Å²) in [6, 6.07) is 27.0. The third kappa shape index (κ3) is 6.12. The first-order valence-electron chi connectivity index (χ1n) is 10.0. The molecule has 5 nitrogen and oxygen atoms in total. The first-order valence-corrected chi connectivity index (χ1v) is 11.3. The molecule has 0 fully saturated rings. The molecule has 0 saturated heterocycles. The SMILES string of the molecule is COC(=O)[C@H](CC[S@](=O)c1ccccc1)NC(=O)C(c1ccccc1)c1ccccc1. The maximum atomic E-state index is 13.3. The van der Waals surface area contributed by atoms with Gasteiger partial charge in [0.15, 0.2) is 0 Å². The standard InChI is InChI=1S/C25H25NO4S/c1-30-25(28)22(17-18-31(29)21-15-9-4-10-16-21)26-24(27)23(19-11-5-2-6-12-19)20-13-7-3-8-14-20/h2-16,22-23H,17-18H2,1H3,(H,26,27)/t22-,31-/m0/s1. The Balaban J connectivity index is 1.78. The summed E-state index contributed by atoms with van der Waals surface area (Å²) in [5, 5.41) is 2.82. The van der Waals surface area contributed by atoms with E-state index in [0.29, 0.717) is 4.90 Å². The van der Waals surface area contributed by atoms with E-state index in [9.17, 15) is 13.8 Å². The quantitative estimate of drug-likeness (QED) is 0.521. The van der Waals surface area contributed by atoms with E-state index in [0.717, 1.165) is 11.1 Å². The molecule has 2 atom stereocenters. The van der Waals surface area contributed by atoms with Crippen molar-refractivity contribution in [2.45, 2.75) is 23.3 Å². The zero-order valence-electron chi connectivity index (χ0n) is 17.3. The lowest BCUT2D eigenvalue weighted by atomic mass is 9.90. The number of ether oxygens (including phenoxy) is 1. The van der Waals surface area contributed by atoms with Crippen LogP contribution in [0, 0.1) is 0 Å². The molecule has 0 radical (unpaired) electrons. The number of hydrogen-bond donors (Lipinski definition) is 1. The van der Waals surface area contributed by atoms with Crippen molar-refractivity contribution in [2.75, 3.05) is 12.9 Å². The highest BCUT2D eigenvalue weighted by Gasteiger charge is 2.28. The van der Waals surface area contributed by atoms with Crippen LogP contribution in [0.4, 0.5) is 0 Å². The van der Waals surface area contributed by atoms with Crippen LogP contribution in [0.25, 0.3) is 0 Å². The number of carbonyl (C=O) groups is 2. The Kier molecular flexibility index (Phi) is 8.12. The topological polar surface area (TPSA) is 72.5 Å². The van der Waals surface area contributed by atoms with Crippen LogP contribution >= 0.6 is 0 Å². The molecular formula is C25H25NO4S. The number of methoxy groups -OCH3 is 1. The number of nitrogens with one attached hydrogen (secondary N) is 1. The Morgan fingerprint density at radius 3 is 1.81 bits per heavy atom. The molecular weight excluding hydrogens is 410 g/mol. The molecule has 6 heteroatoms. The zero-order chi connectivity index (χ0) is 22.1. The van der Waals surface area contributed by atoms with Crippen molar-refractivity contribution in [1.82, 2.24) is 5.32 Å². The lowest BCUT2D eigenvalue weighted by Gasteiger charge is -2.22. The summed E-state index contributed by atoms with van der Waals surface area (Å²) in [4.78, 5) is 26.3. The van der Waals surface area contributed by atoms with Gasteiger partial charge >= 0.3 is 5.97 Å². The van der Waals surface area contributed by atoms with Crippen molar-refractivity contribution in [3.05, 3.63) is 102 Å². The first-order chi connectivity index (χ1) is 15.1. The molecule has 0 heterocycles. The average molecular weight is 436 g/mol. The van der Waals surface area contributed by atoms with Gasteiger partial charge in [-0.25, -0.2) is 4.79 Å². The van der Waals surface area contributed by atoms with Crippen LogP contribution in [0.5, 0.6) is 0 Å². The van der Waals surface area contributed by atoms with E-state index in [4.69, 9.17) is 4.74 Å². The lowest BCUT2D eigenvalue weighted by Crippen LogP contribution is -2.44. The fraction of sp³-hybridized carbons (Fsp3) is 0.200. The lowest BCUT2D eigenvalue weighted by molar-refractivity contribution is -0.145. The Hall–Kier alpha value is -3.25. The third-order valence-corrected chi connectivity index (χ3v) is 6.33. The van der Waals surface area contributed by atoms with Crippen molar-refractivity contribution < 1.29 is 18.5 Å². The maximum absolute atomic E-state index is 13.3. The molecule has 0 saturated carbocycles. The number of rotatable bonds is 9. The number of esters is 1. The zero-order valence-corrected chi connectivity index (χ0v) is 18.1. The molecule has 160 valence electrons. The number of amides is 1. The van der Waals surface area contributed by atoms with Gasteiger partial charge in [0.1, 0.15) is 6.04 Å². The molecule has 1 N–H and O–H groups in total. The van der Waals surface area contributed by atoms with Gasteiger partial charge in [0.25, 0.3) is 0 Å². The number of hydrogen-bond acceptors (Lipinski definition) is 4. The monoisotopic (exact) mass is 435 g/mol. The molecule has 3 aromatic carbocycles. The molecule has 1 amide bonds. The van der Waals surface area contributed by atoms with Crippen LogP contribution in [0.1, 0.15) is 23.5 Å². The molecule has 0 aliphatic carbocycles. The summed E-state index contributed by atoms with van der Waals surface area (Å²) in [6.07, 6.45) is 0.205. The Morgan fingerprint density at radius 1 is 0.839 bits per heavy atom. The summed E-state index contributed by atoms with van der Waals surface area (Å²) >= 11 is 0. The van der Waals surface area contributed by atoms with Crippen molar-refractivity contribution >= 4 is 22.7 Å². The van der Waals surface area contributed by atoms with Crippen molar-refractivity contribution in [2.24, 2.45) is 0 Å². The van der Waals surface area contributed by atoms with Gasteiger partial charge in [0.2, 0.25) is 5.91 Å². The second-order valence-corrected chi connectivity index (χ2v) is 8.56. The van der Waals surface area contributed by atoms with Crippen LogP contribution in [0.2, 0.25) is 0 Å². The summed E-state index contributed by atoms with van der Waals surface area (Å²) in [5.74, 6) is -1.21. The number of carbonyl (C=O) groups excluding carboxylic acids is 2. The van der Waals surface area contributed by atoms with E-state index < -0.39 is 28.7 Å². The van der Waals surface area contributed by atoms with Crippen LogP contribution in [-0.2, 0) is 25.1 Å². The van der Waals surface area contributed by atoms with E-state index >= 15 is 0 Å². The second-order valence-electron chi connectivity index (χ2n) is 6.99. The van der Waals surface area contributed by atoms with Gasteiger partial charge in [-0.3, -0.25) is 9.00 Å². The average Bonchev–Trinajstić information content (AvgIpc) is 2.83. The summed E-state index contributed by atoms with van der Waals surface area (Å²) < 4.78 is 17.5. The Bertz CT molecular complexity index is 970. The van der Waals surface area contributed by atoms with Gasteiger partial charge in [-0.2, -0.15) is 0 Å². The minimum Gasteiger partial charge on any atom is -0.467 e. The van der Waals surface area contributed by atoms with Gasteiger partial charge in [-0.05, 0) is 29.7 Å². The van der Waals surface area contributed by atoms with E-state index in [-0.39, 0.29) is 18.1 Å². The van der Waals surface area contributed by atoms with Gasteiger partial charge in [-0.1, -0.05) is 78.9 Å². The van der Waals surface area contributed by atoms with E-state index in [1.807, 2.05) is 78.9 Å². The summed E-state index contributed by atoms with van der Waals surface area (Å²) in [6.45, 7) is 0. The highest BCUT2D eigenvalue weighted by Crippen LogP contribution is 2.25. The van der Waals surface area contributed by atoms with Crippen LogP contribution in [-0.4, -0.2) is 35.0 Å². The van der Waals surface area contributed by atoms with Crippen LogP contribution < -0.4 is 5.32 Å². The van der Waals surface area contributed by atoms with Crippen LogP contribution in [0.3, 0.4) is 0 Å². The van der Waals surface area contributed by atoms with Crippen molar-refractivity contribution in [3.63, 3.8) is 0 Å². The van der Waals surface area contributed by atoms with E-state index in [1.54, 1.807) is 12.1 Å². The molecule has 3 aromatic rings. The molecule has 0 aliphatic heterocycles. The normalized spacial score (nSPS) is 12.7. The smallest absolute Gasteiger partial charge is 0.328 e. The third-order valence-electron chi connectivity index (χ3n) is 4.93. The summed E-state index contributed by atoms with van der Waals surface area (Å²) in [5.41, 5.74) is 1.64. The number of benzene rings is 3. The Labute approximate surface area is 184 Å². The van der Waals surface area contributed by atoms with Gasteiger partial charge in [0.05, 0.1) is 23.8 Å². The van der Waals surface area contributed by atoms with Crippen LogP contribution in [0.15, 0.2) is 95.9 Å². The first kappa shape index (κ1) is 22.4. The minimum absolute atomic E-state index is 0.205. The minimum atomic E-state index is -1.28.